The molecule has 0 aromatic carbocycles. The van der Waals surface area contributed by atoms with Gasteiger partial charge in [-0.1, -0.05) is 20.8 Å². The van der Waals surface area contributed by atoms with Crippen LogP contribution >= 0.6 is 0 Å². The van der Waals surface area contributed by atoms with Crippen molar-refractivity contribution in [1.29, 1.82) is 0 Å². The fourth-order valence-electron chi connectivity index (χ4n) is 2.34. The van der Waals surface area contributed by atoms with Crippen LogP contribution in [0.4, 0.5) is 0 Å². The van der Waals surface area contributed by atoms with Gasteiger partial charge in [-0.05, 0) is 12.8 Å². The number of carbonyl (C=O) groups is 1. The lowest BCUT2D eigenvalue weighted by molar-refractivity contribution is -0.145. The number of rotatable bonds is 5. The van der Waals surface area contributed by atoms with Crippen LogP contribution in [0.1, 0.15) is 45.3 Å². The van der Waals surface area contributed by atoms with Crippen LogP contribution < -0.4 is 0 Å². The Kier molecular flexibility index (Phi) is 5.00. The van der Waals surface area contributed by atoms with Gasteiger partial charge in [-0.25, -0.2) is 9.78 Å². The highest BCUT2D eigenvalue weighted by molar-refractivity contribution is 5.68. The lowest BCUT2D eigenvalue weighted by Gasteiger charge is -2.30. The Balaban J connectivity index is 1.78. The molecule has 1 aromatic heterocycles. The summed E-state index contributed by atoms with van der Waals surface area (Å²) >= 11 is 0. The molecule has 1 saturated heterocycles. The fourth-order valence-corrected chi connectivity index (χ4v) is 2.34. The number of likely N-dealkylation sites (tertiary alicyclic amines) is 1. The molecule has 6 heteroatoms. The van der Waals surface area contributed by atoms with Crippen LogP contribution in [0.25, 0.3) is 0 Å². The first-order chi connectivity index (χ1) is 9.84. The molecular weight excluding hydrogens is 272 g/mol. The van der Waals surface area contributed by atoms with Gasteiger partial charge in [0.2, 0.25) is 5.89 Å². The summed E-state index contributed by atoms with van der Waals surface area (Å²) in [5.74, 6) is 0.730. The molecular formula is C15H24N2O4. The zero-order valence-corrected chi connectivity index (χ0v) is 13.0. The Morgan fingerprint density at radius 3 is 2.67 bits per heavy atom. The second-order valence-electron chi connectivity index (χ2n) is 6.55. The van der Waals surface area contributed by atoms with Crippen molar-refractivity contribution in [2.45, 2.75) is 51.7 Å². The molecule has 0 bridgehead atoms. The molecule has 0 saturated carbocycles. The fraction of sp³-hybridized carbons (Fsp3) is 0.733. The summed E-state index contributed by atoms with van der Waals surface area (Å²) in [5.41, 5.74) is -0.0249. The van der Waals surface area contributed by atoms with Gasteiger partial charge in [0.25, 0.3) is 0 Å². The summed E-state index contributed by atoms with van der Waals surface area (Å²) in [6.45, 7) is 8.53. The maximum atomic E-state index is 10.5. The summed E-state index contributed by atoms with van der Waals surface area (Å²) in [7, 11) is 0. The van der Waals surface area contributed by atoms with E-state index in [0.29, 0.717) is 6.54 Å². The van der Waals surface area contributed by atoms with Gasteiger partial charge in [0, 0.05) is 18.5 Å². The van der Waals surface area contributed by atoms with Crippen molar-refractivity contribution in [2.24, 2.45) is 0 Å². The molecule has 1 aliphatic rings. The third-order valence-electron chi connectivity index (χ3n) is 3.63. The van der Waals surface area contributed by atoms with Crippen molar-refractivity contribution >= 4 is 5.97 Å². The topological polar surface area (TPSA) is 75.8 Å². The molecule has 0 aliphatic carbocycles. The van der Waals surface area contributed by atoms with Gasteiger partial charge in [-0.3, -0.25) is 4.90 Å². The summed E-state index contributed by atoms with van der Waals surface area (Å²) in [6, 6.07) is 0. The maximum Gasteiger partial charge on any atom is 0.329 e. The van der Waals surface area contributed by atoms with Gasteiger partial charge >= 0.3 is 5.97 Å². The second-order valence-corrected chi connectivity index (χ2v) is 6.55. The van der Waals surface area contributed by atoms with Gasteiger partial charge in [0.1, 0.15) is 12.4 Å². The number of hydrogen-bond acceptors (Lipinski definition) is 5. The molecule has 21 heavy (non-hydrogen) atoms. The predicted octanol–water partition coefficient (Wildman–Crippen LogP) is 2.04. The number of oxazole rings is 1. The van der Waals surface area contributed by atoms with Crippen LogP contribution in [-0.2, 0) is 21.5 Å². The average Bonchev–Trinajstić information content (AvgIpc) is 2.86. The van der Waals surface area contributed by atoms with Crippen molar-refractivity contribution in [3.05, 3.63) is 17.8 Å². The number of nitrogens with zero attached hydrogens (tertiary/aromatic N) is 2. The van der Waals surface area contributed by atoms with Crippen LogP contribution in [0.3, 0.4) is 0 Å². The average molecular weight is 296 g/mol. The van der Waals surface area contributed by atoms with Crippen LogP contribution in [0.2, 0.25) is 0 Å². The molecule has 0 unspecified atom stereocenters. The molecule has 1 N–H and O–H groups in total. The lowest BCUT2D eigenvalue weighted by atomic mass is 9.94. The minimum atomic E-state index is -0.910. The first kappa shape index (κ1) is 16.0. The minimum Gasteiger partial charge on any atom is -0.480 e. The predicted molar refractivity (Wildman–Crippen MR) is 77.1 cm³/mol. The third-order valence-corrected chi connectivity index (χ3v) is 3.63. The van der Waals surface area contributed by atoms with Crippen LogP contribution in [0.15, 0.2) is 10.6 Å². The van der Waals surface area contributed by atoms with E-state index in [9.17, 15) is 4.79 Å². The van der Waals surface area contributed by atoms with E-state index >= 15 is 0 Å². The molecule has 1 fully saturated rings. The SMILES string of the molecule is CC(C)(C)c1cnc(CN2CCC(OCC(=O)O)CC2)o1. The number of ether oxygens (including phenoxy) is 1. The van der Waals surface area contributed by atoms with Gasteiger partial charge in [-0.2, -0.15) is 0 Å². The van der Waals surface area contributed by atoms with Crippen molar-refractivity contribution in [3.8, 4) is 0 Å². The smallest absolute Gasteiger partial charge is 0.329 e. The van der Waals surface area contributed by atoms with E-state index in [1.165, 1.54) is 0 Å². The van der Waals surface area contributed by atoms with Crippen molar-refractivity contribution in [2.75, 3.05) is 19.7 Å². The molecule has 2 heterocycles. The third kappa shape index (κ3) is 4.82. The van der Waals surface area contributed by atoms with Crippen LogP contribution in [0.5, 0.6) is 0 Å². The van der Waals surface area contributed by atoms with E-state index in [-0.39, 0.29) is 18.1 Å². The Labute approximate surface area is 125 Å². The van der Waals surface area contributed by atoms with E-state index in [2.05, 4.69) is 30.7 Å². The number of carboxylic acid groups (broad SMARTS) is 1. The van der Waals surface area contributed by atoms with Crippen LogP contribution in [0, 0.1) is 0 Å². The largest absolute Gasteiger partial charge is 0.480 e. The Morgan fingerprint density at radius 2 is 2.14 bits per heavy atom. The quantitative estimate of drug-likeness (QED) is 0.896. The molecule has 0 atom stereocenters. The molecule has 118 valence electrons. The first-order valence-corrected chi connectivity index (χ1v) is 7.35. The zero-order chi connectivity index (χ0) is 15.5. The van der Waals surface area contributed by atoms with Crippen molar-refractivity contribution in [3.63, 3.8) is 0 Å². The number of carboxylic acids is 1. The minimum absolute atomic E-state index is 0.0249. The highest BCUT2D eigenvalue weighted by atomic mass is 16.5. The first-order valence-electron chi connectivity index (χ1n) is 7.35. The molecule has 0 spiro atoms. The number of aromatic nitrogens is 1. The highest BCUT2D eigenvalue weighted by Crippen LogP contribution is 2.23. The summed E-state index contributed by atoms with van der Waals surface area (Å²) in [6.07, 6.45) is 3.55. The van der Waals surface area contributed by atoms with E-state index < -0.39 is 5.97 Å². The molecule has 2 rings (SSSR count). The highest BCUT2D eigenvalue weighted by Gasteiger charge is 2.23. The second kappa shape index (κ2) is 6.58. The number of piperidine rings is 1. The Bertz CT molecular complexity index is 470. The van der Waals surface area contributed by atoms with E-state index in [1.807, 2.05) is 0 Å². The molecule has 0 amide bonds. The van der Waals surface area contributed by atoms with Crippen LogP contribution in [-0.4, -0.2) is 46.8 Å². The van der Waals surface area contributed by atoms with Gasteiger partial charge in [0.15, 0.2) is 0 Å². The molecule has 0 radical (unpaired) electrons. The van der Waals surface area contributed by atoms with Gasteiger partial charge in [-0.15, -0.1) is 0 Å². The zero-order valence-electron chi connectivity index (χ0n) is 13.0. The molecule has 1 aliphatic heterocycles. The maximum absolute atomic E-state index is 10.5. The van der Waals surface area contributed by atoms with Crippen molar-refractivity contribution in [1.82, 2.24) is 9.88 Å². The summed E-state index contributed by atoms with van der Waals surface area (Å²) in [5, 5.41) is 8.60. The normalized spacial score (nSPS) is 18.0. The number of hydrogen-bond donors (Lipinski definition) is 1. The Morgan fingerprint density at radius 1 is 1.48 bits per heavy atom. The van der Waals surface area contributed by atoms with Gasteiger partial charge < -0.3 is 14.3 Å². The molecule has 1 aromatic rings. The Hall–Kier alpha value is -1.40. The summed E-state index contributed by atoms with van der Waals surface area (Å²) < 4.78 is 11.1. The molecule has 6 nitrogen and oxygen atoms in total. The number of aliphatic carboxylic acids is 1. The standard InChI is InChI=1S/C15H24N2O4/c1-15(2,3)12-8-16-13(21-12)9-17-6-4-11(5-7-17)20-10-14(18)19/h8,11H,4-7,9-10H2,1-3H3,(H,18,19). The van der Waals surface area contributed by atoms with Gasteiger partial charge in [0.05, 0.1) is 18.8 Å². The summed E-state index contributed by atoms with van der Waals surface area (Å²) in [4.78, 5) is 17.1. The van der Waals surface area contributed by atoms with E-state index in [4.69, 9.17) is 14.3 Å². The van der Waals surface area contributed by atoms with E-state index in [0.717, 1.165) is 37.6 Å². The monoisotopic (exact) mass is 296 g/mol. The lowest BCUT2D eigenvalue weighted by Crippen LogP contribution is -2.37. The van der Waals surface area contributed by atoms with Crippen molar-refractivity contribution < 1.29 is 19.1 Å². The van der Waals surface area contributed by atoms with E-state index in [1.54, 1.807) is 6.20 Å².